The van der Waals surface area contributed by atoms with Crippen LogP contribution in [0.25, 0.3) is 0 Å². The lowest BCUT2D eigenvalue weighted by Crippen LogP contribution is -2.04. The Balaban J connectivity index is 2.48. The largest absolute Gasteiger partial charge is 0.229 e. The topological polar surface area (TPSA) is 36.7 Å². The van der Waals surface area contributed by atoms with Crippen LogP contribution in [-0.4, -0.2) is 4.98 Å². The van der Waals surface area contributed by atoms with Gasteiger partial charge >= 0.3 is 0 Å². The van der Waals surface area contributed by atoms with Crippen LogP contribution in [0.1, 0.15) is 18.4 Å². The lowest BCUT2D eigenvalue weighted by Gasteiger charge is -2.07. The van der Waals surface area contributed by atoms with Crippen LogP contribution in [0.5, 0.6) is 0 Å². The van der Waals surface area contributed by atoms with E-state index in [-0.39, 0.29) is 5.41 Å². The molecule has 4 heteroatoms. The fourth-order valence-electron chi connectivity index (χ4n) is 1.34. The van der Waals surface area contributed by atoms with Crippen molar-refractivity contribution in [2.45, 2.75) is 18.3 Å². The van der Waals surface area contributed by atoms with E-state index in [1.54, 1.807) is 0 Å². The van der Waals surface area contributed by atoms with Crippen molar-refractivity contribution in [2.75, 3.05) is 0 Å². The Morgan fingerprint density at radius 3 is 2.69 bits per heavy atom. The van der Waals surface area contributed by atoms with Crippen LogP contribution >= 0.6 is 27.5 Å². The normalized spacial score (nSPS) is 17.9. The molecule has 0 aromatic carbocycles. The van der Waals surface area contributed by atoms with Crippen molar-refractivity contribution < 1.29 is 0 Å². The highest BCUT2D eigenvalue weighted by molar-refractivity contribution is 9.10. The number of nitrogens with zero attached hydrogens (tertiary/aromatic N) is 2. The molecule has 0 bridgehead atoms. The molecule has 0 N–H and O–H groups in total. The number of nitriles is 1. The minimum absolute atomic E-state index is 0.342. The molecule has 1 aromatic heterocycles. The maximum absolute atomic E-state index is 8.96. The standard InChI is InChI=1S/C9H6BrClN2/c10-7-2-1-6(8(11)13-7)9(5-12)3-4-9/h1-2H,3-4H2. The summed E-state index contributed by atoms with van der Waals surface area (Å²) in [7, 11) is 0. The smallest absolute Gasteiger partial charge is 0.135 e. The van der Waals surface area contributed by atoms with Gasteiger partial charge in [-0.25, -0.2) is 4.98 Å². The molecule has 13 heavy (non-hydrogen) atoms. The molecule has 1 heterocycles. The van der Waals surface area contributed by atoms with Crippen LogP contribution < -0.4 is 0 Å². The second-order valence-corrected chi connectivity index (χ2v) is 4.34. The molecule has 1 aromatic rings. The maximum Gasteiger partial charge on any atom is 0.135 e. The summed E-state index contributed by atoms with van der Waals surface area (Å²) in [4.78, 5) is 4.06. The van der Waals surface area contributed by atoms with Gasteiger partial charge in [-0.15, -0.1) is 0 Å². The summed E-state index contributed by atoms with van der Waals surface area (Å²) in [5, 5.41) is 9.39. The lowest BCUT2D eigenvalue weighted by molar-refractivity contribution is 0.895. The highest BCUT2D eigenvalue weighted by atomic mass is 79.9. The van der Waals surface area contributed by atoms with E-state index in [4.69, 9.17) is 16.9 Å². The average Bonchev–Trinajstić information content (AvgIpc) is 2.85. The minimum atomic E-state index is -0.342. The van der Waals surface area contributed by atoms with Crippen molar-refractivity contribution in [2.24, 2.45) is 0 Å². The molecule has 1 aliphatic rings. The Labute approximate surface area is 89.7 Å². The predicted octanol–water partition coefficient (Wildman–Crippen LogP) is 3.05. The van der Waals surface area contributed by atoms with Gasteiger partial charge in [-0.05, 0) is 34.8 Å². The summed E-state index contributed by atoms with van der Waals surface area (Å²) in [5.41, 5.74) is 0.519. The molecule has 0 spiro atoms. The van der Waals surface area contributed by atoms with E-state index in [0.29, 0.717) is 9.76 Å². The van der Waals surface area contributed by atoms with Crippen LogP contribution in [0, 0.1) is 11.3 Å². The highest BCUT2D eigenvalue weighted by Gasteiger charge is 2.46. The third-order valence-corrected chi connectivity index (χ3v) is 3.02. The molecule has 0 amide bonds. The maximum atomic E-state index is 8.96. The van der Waals surface area contributed by atoms with Crippen LogP contribution in [0.15, 0.2) is 16.7 Å². The molecule has 0 unspecified atom stereocenters. The minimum Gasteiger partial charge on any atom is -0.229 e. The average molecular weight is 258 g/mol. The zero-order valence-electron chi connectivity index (χ0n) is 6.72. The number of hydrogen-bond donors (Lipinski definition) is 0. The summed E-state index contributed by atoms with van der Waals surface area (Å²) >= 11 is 9.17. The van der Waals surface area contributed by atoms with Gasteiger partial charge < -0.3 is 0 Å². The lowest BCUT2D eigenvalue weighted by atomic mass is 10.0. The van der Waals surface area contributed by atoms with Crippen LogP contribution in [0.2, 0.25) is 5.15 Å². The van der Waals surface area contributed by atoms with E-state index >= 15 is 0 Å². The number of rotatable bonds is 1. The summed E-state index contributed by atoms with van der Waals surface area (Å²) in [6.45, 7) is 0. The first-order valence-corrected chi connectivity index (χ1v) is 5.09. The van der Waals surface area contributed by atoms with Crippen molar-refractivity contribution in [1.82, 2.24) is 4.98 Å². The first-order chi connectivity index (χ1) is 6.18. The van der Waals surface area contributed by atoms with Crippen molar-refractivity contribution in [3.05, 3.63) is 27.5 Å². The molecule has 0 saturated heterocycles. The van der Waals surface area contributed by atoms with E-state index < -0.39 is 0 Å². The van der Waals surface area contributed by atoms with Gasteiger partial charge in [-0.2, -0.15) is 5.26 Å². The molecule has 1 aliphatic carbocycles. The molecular weight excluding hydrogens is 251 g/mol. The van der Waals surface area contributed by atoms with E-state index in [0.717, 1.165) is 18.4 Å². The van der Waals surface area contributed by atoms with Gasteiger partial charge in [-0.3, -0.25) is 0 Å². The Bertz CT molecular complexity index is 393. The quantitative estimate of drug-likeness (QED) is 0.725. The second kappa shape index (κ2) is 2.97. The summed E-state index contributed by atoms with van der Waals surface area (Å²) in [6.07, 6.45) is 1.79. The summed E-state index contributed by atoms with van der Waals surface area (Å²) in [5.74, 6) is 0. The van der Waals surface area contributed by atoms with E-state index in [1.807, 2.05) is 12.1 Å². The van der Waals surface area contributed by atoms with Gasteiger partial charge in [-0.1, -0.05) is 17.7 Å². The van der Waals surface area contributed by atoms with E-state index in [2.05, 4.69) is 27.0 Å². The zero-order valence-corrected chi connectivity index (χ0v) is 9.06. The Kier molecular flexibility index (Phi) is 2.05. The highest BCUT2D eigenvalue weighted by Crippen LogP contribution is 2.49. The molecule has 0 aliphatic heterocycles. The van der Waals surface area contributed by atoms with Crippen molar-refractivity contribution in [1.29, 1.82) is 5.26 Å². The Morgan fingerprint density at radius 1 is 1.54 bits per heavy atom. The number of hydrogen-bond acceptors (Lipinski definition) is 2. The Morgan fingerprint density at radius 2 is 2.23 bits per heavy atom. The van der Waals surface area contributed by atoms with E-state index in [9.17, 15) is 0 Å². The van der Waals surface area contributed by atoms with Gasteiger partial charge in [0, 0.05) is 5.56 Å². The monoisotopic (exact) mass is 256 g/mol. The number of halogens is 2. The summed E-state index contributed by atoms with van der Waals surface area (Å²) < 4.78 is 0.704. The van der Waals surface area contributed by atoms with Gasteiger partial charge in [0.1, 0.15) is 9.76 Å². The third kappa shape index (κ3) is 1.45. The van der Waals surface area contributed by atoms with Gasteiger partial charge in [0.25, 0.3) is 0 Å². The van der Waals surface area contributed by atoms with Gasteiger partial charge in [0.2, 0.25) is 0 Å². The fourth-order valence-corrected chi connectivity index (χ4v) is 2.08. The second-order valence-electron chi connectivity index (χ2n) is 3.17. The van der Waals surface area contributed by atoms with Gasteiger partial charge in [0.05, 0.1) is 11.5 Å². The van der Waals surface area contributed by atoms with E-state index in [1.165, 1.54) is 0 Å². The first-order valence-electron chi connectivity index (χ1n) is 3.92. The van der Waals surface area contributed by atoms with Gasteiger partial charge in [0.15, 0.2) is 0 Å². The zero-order chi connectivity index (χ0) is 9.47. The van der Waals surface area contributed by atoms with Crippen molar-refractivity contribution in [3.63, 3.8) is 0 Å². The fraction of sp³-hybridized carbons (Fsp3) is 0.333. The molecule has 0 atom stereocenters. The molecule has 2 rings (SSSR count). The molecular formula is C9H6BrClN2. The molecule has 1 saturated carbocycles. The van der Waals surface area contributed by atoms with Crippen molar-refractivity contribution >= 4 is 27.5 Å². The Hall–Kier alpha value is -0.590. The molecule has 0 radical (unpaired) electrons. The van der Waals surface area contributed by atoms with Crippen LogP contribution in [0.3, 0.4) is 0 Å². The third-order valence-electron chi connectivity index (χ3n) is 2.29. The predicted molar refractivity (Wildman–Crippen MR) is 53.5 cm³/mol. The molecule has 1 fully saturated rings. The summed E-state index contributed by atoms with van der Waals surface area (Å²) in [6, 6.07) is 5.98. The molecule has 2 nitrogen and oxygen atoms in total. The van der Waals surface area contributed by atoms with Crippen molar-refractivity contribution in [3.8, 4) is 6.07 Å². The van der Waals surface area contributed by atoms with Crippen LogP contribution in [0.4, 0.5) is 0 Å². The number of pyridine rings is 1. The molecule has 66 valence electrons. The first kappa shape index (κ1) is 8.98. The SMILES string of the molecule is N#CC1(c2ccc(Br)nc2Cl)CC1. The van der Waals surface area contributed by atoms with Crippen LogP contribution in [-0.2, 0) is 5.41 Å². The number of aromatic nitrogens is 1.